The van der Waals surface area contributed by atoms with Gasteiger partial charge < -0.3 is 5.32 Å². The van der Waals surface area contributed by atoms with Gasteiger partial charge in [0.1, 0.15) is 0 Å². The van der Waals surface area contributed by atoms with Crippen molar-refractivity contribution in [3.63, 3.8) is 0 Å². The van der Waals surface area contributed by atoms with E-state index >= 15 is 0 Å². The highest BCUT2D eigenvalue weighted by Crippen LogP contribution is 2.53. The van der Waals surface area contributed by atoms with Crippen LogP contribution in [0.15, 0.2) is 48.6 Å². The lowest BCUT2D eigenvalue weighted by Gasteiger charge is -2.39. The molecule has 0 saturated heterocycles. The largest absolute Gasteiger partial charge is 0.377 e. The van der Waals surface area contributed by atoms with Crippen LogP contribution in [0.25, 0.3) is 0 Å². The summed E-state index contributed by atoms with van der Waals surface area (Å²) >= 11 is 13.0. The molecule has 3 heteroatoms. The molecule has 22 heavy (non-hydrogen) atoms. The van der Waals surface area contributed by atoms with Gasteiger partial charge in [-0.2, -0.15) is 0 Å². The molecule has 0 spiro atoms. The van der Waals surface area contributed by atoms with Crippen molar-refractivity contribution in [1.29, 1.82) is 0 Å². The molecule has 1 nitrogen and oxygen atoms in total. The number of benzene rings is 2. The first-order valence-electron chi connectivity index (χ1n) is 7.63. The van der Waals surface area contributed by atoms with E-state index in [9.17, 15) is 0 Å². The molecule has 3 unspecified atom stereocenters. The topological polar surface area (TPSA) is 12.0 Å². The van der Waals surface area contributed by atoms with Gasteiger partial charge in [0.15, 0.2) is 0 Å². The Morgan fingerprint density at radius 2 is 1.86 bits per heavy atom. The van der Waals surface area contributed by atoms with Crippen LogP contribution < -0.4 is 5.32 Å². The molecule has 3 atom stereocenters. The van der Waals surface area contributed by atoms with Crippen LogP contribution in [0.4, 0.5) is 5.69 Å². The Hall–Kier alpha value is -1.44. The Balaban J connectivity index is 1.88. The van der Waals surface area contributed by atoms with Crippen molar-refractivity contribution in [2.75, 3.05) is 5.32 Å². The average molecular weight is 330 g/mol. The molecule has 0 amide bonds. The van der Waals surface area contributed by atoms with Gasteiger partial charge in [0.2, 0.25) is 0 Å². The zero-order valence-corrected chi connectivity index (χ0v) is 13.8. The number of allylic oxidation sites excluding steroid dienone is 2. The third-order valence-corrected chi connectivity index (χ3v) is 5.59. The minimum Gasteiger partial charge on any atom is -0.377 e. The van der Waals surface area contributed by atoms with Crippen molar-refractivity contribution in [2.24, 2.45) is 5.92 Å². The van der Waals surface area contributed by atoms with Crippen LogP contribution in [0.1, 0.15) is 35.1 Å². The molecule has 1 aliphatic carbocycles. The lowest BCUT2D eigenvalue weighted by molar-refractivity contribution is 0.425. The number of nitrogens with one attached hydrogen (secondary N) is 1. The third-order valence-electron chi connectivity index (χ3n) is 4.92. The smallest absolute Gasteiger partial charge is 0.0568 e. The second kappa shape index (κ2) is 5.33. The molecule has 2 aromatic rings. The van der Waals surface area contributed by atoms with E-state index in [2.05, 4.69) is 42.6 Å². The van der Waals surface area contributed by atoms with Crippen molar-refractivity contribution in [3.8, 4) is 0 Å². The summed E-state index contributed by atoms with van der Waals surface area (Å²) in [6, 6.07) is 12.4. The number of rotatable bonds is 1. The normalized spacial score (nSPS) is 25.5. The standard InChI is InChI=1S/C19H17Cl2N/c1-11-9-10-16(21)17-12-6-4-7-13(12)19(22-18(11)17)14-5-2-3-8-15(14)20/h2-6,8-10,12-13,19,22H,7H2,1H3. The summed E-state index contributed by atoms with van der Waals surface area (Å²) in [5.41, 5.74) is 4.82. The molecule has 112 valence electrons. The van der Waals surface area contributed by atoms with E-state index in [1.54, 1.807) is 0 Å². The zero-order valence-electron chi connectivity index (χ0n) is 12.3. The van der Waals surface area contributed by atoms with E-state index in [4.69, 9.17) is 23.2 Å². The molecule has 2 aromatic carbocycles. The molecule has 0 fully saturated rings. The summed E-state index contributed by atoms with van der Waals surface area (Å²) in [7, 11) is 0. The van der Waals surface area contributed by atoms with E-state index in [1.807, 2.05) is 18.2 Å². The second-order valence-corrected chi connectivity index (χ2v) is 6.96. The predicted molar refractivity (Wildman–Crippen MR) is 94.0 cm³/mol. The second-order valence-electron chi connectivity index (χ2n) is 6.15. The SMILES string of the molecule is Cc1ccc(Cl)c2c1NC(c1ccccc1Cl)C1CC=CC21. The molecule has 1 N–H and O–H groups in total. The first kappa shape index (κ1) is 14.2. The fourth-order valence-corrected chi connectivity index (χ4v) is 4.38. The molecule has 0 bridgehead atoms. The van der Waals surface area contributed by atoms with Gasteiger partial charge >= 0.3 is 0 Å². The van der Waals surface area contributed by atoms with Crippen molar-refractivity contribution >= 4 is 28.9 Å². The quantitative estimate of drug-likeness (QED) is 0.620. The van der Waals surface area contributed by atoms with Gasteiger partial charge in [-0.25, -0.2) is 0 Å². The molecular formula is C19H17Cl2N. The van der Waals surface area contributed by atoms with Crippen LogP contribution in [-0.4, -0.2) is 0 Å². The summed E-state index contributed by atoms with van der Waals surface area (Å²) < 4.78 is 0. The Morgan fingerprint density at radius 3 is 2.68 bits per heavy atom. The predicted octanol–water partition coefficient (Wildman–Crippen LogP) is 6.13. The van der Waals surface area contributed by atoms with Crippen LogP contribution in [-0.2, 0) is 0 Å². The maximum absolute atomic E-state index is 6.51. The number of halogens is 2. The van der Waals surface area contributed by atoms with Gasteiger partial charge in [-0.15, -0.1) is 0 Å². The lowest BCUT2D eigenvalue weighted by Crippen LogP contribution is -2.30. The van der Waals surface area contributed by atoms with Crippen LogP contribution in [0.5, 0.6) is 0 Å². The highest BCUT2D eigenvalue weighted by molar-refractivity contribution is 6.32. The lowest BCUT2D eigenvalue weighted by atomic mass is 9.76. The fourth-order valence-electron chi connectivity index (χ4n) is 3.84. The van der Waals surface area contributed by atoms with Crippen LogP contribution in [0, 0.1) is 12.8 Å². The zero-order chi connectivity index (χ0) is 15.3. The van der Waals surface area contributed by atoms with Crippen LogP contribution in [0.2, 0.25) is 10.0 Å². The molecule has 0 aromatic heterocycles. The molecule has 1 heterocycles. The first-order chi connectivity index (χ1) is 10.7. The number of hydrogen-bond acceptors (Lipinski definition) is 1. The Labute approximate surface area is 140 Å². The van der Waals surface area contributed by atoms with Crippen LogP contribution in [0.3, 0.4) is 0 Å². The maximum Gasteiger partial charge on any atom is 0.0568 e. The van der Waals surface area contributed by atoms with Crippen LogP contribution >= 0.6 is 23.2 Å². The Morgan fingerprint density at radius 1 is 1.05 bits per heavy atom. The number of aryl methyl sites for hydroxylation is 1. The van der Waals surface area contributed by atoms with E-state index in [0.717, 1.165) is 16.5 Å². The van der Waals surface area contributed by atoms with Gasteiger partial charge in [-0.3, -0.25) is 0 Å². The van der Waals surface area contributed by atoms with E-state index < -0.39 is 0 Å². The van der Waals surface area contributed by atoms with Gasteiger partial charge in [-0.1, -0.05) is 59.6 Å². The summed E-state index contributed by atoms with van der Waals surface area (Å²) in [6.45, 7) is 2.13. The van der Waals surface area contributed by atoms with Crippen molar-refractivity contribution in [2.45, 2.75) is 25.3 Å². The summed E-state index contributed by atoms with van der Waals surface area (Å²) in [4.78, 5) is 0. The van der Waals surface area contributed by atoms with E-state index in [1.165, 1.54) is 22.4 Å². The number of fused-ring (bicyclic) bond motifs is 3. The van der Waals surface area contributed by atoms with E-state index in [-0.39, 0.29) is 6.04 Å². The Kier molecular flexibility index (Phi) is 3.43. The van der Waals surface area contributed by atoms with Crippen molar-refractivity contribution in [3.05, 3.63) is 75.3 Å². The number of anilines is 1. The summed E-state index contributed by atoms with van der Waals surface area (Å²) in [6.07, 6.45) is 5.63. The molecule has 0 saturated carbocycles. The third kappa shape index (κ3) is 2.07. The van der Waals surface area contributed by atoms with Gasteiger partial charge in [0.05, 0.1) is 6.04 Å². The molecule has 4 rings (SSSR count). The highest BCUT2D eigenvalue weighted by Gasteiger charge is 2.40. The highest BCUT2D eigenvalue weighted by atomic mass is 35.5. The van der Waals surface area contributed by atoms with Crippen molar-refractivity contribution in [1.82, 2.24) is 0 Å². The molecular weight excluding hydrogens is 313 g/mol. The van der Waals surface area contributed by atoms with Crippen molar-refractivity contribution < 1.29 is 0 Å². The molecule has 1 aliphatic heterocycles. The van der Waals surface area contributed by atoms with Gasteiger partial charge in [-0.05, 0) is 42.5 Å². The first-order valence-corrected chi connectivity index (χ1v) is 8.39. The minimum atomic E-state index is 0.221. The summed E-state index contributed by atoms with van der Waals surface area (Å²) in [5, 5.41) is 5.41. The molecule has 2 aliphatic rings. The maximum atomic E-state index is 6.51. The summed E-state index contributed by atoms with van der Waals surface area (Å²) in [5.74, 6) is 0.830. The Bertz CT molecular complexity index is 766. The molecule has 0 radical (unpaired) electrons. The van der Waals surface area contributed by atoms with Gasteiger partial charge in [0.25, 0.3) is 0 Å². The van der Waals surface area contributed by atoms with E-state index in [0.29, 0.717) is 11.8 Å². The fraction of sp³-hybridized carbons (Fsp3) is 0.263. The average Bonchev–Trinajstić information content (AvgIpc) is 3.00. The minimum absolute atomic E-state index is 0.221. The number of hydrogen-bond donors (Lipinski definition) is 1. The monoisotopic (exact) mass is 329 g/mol. The van der Waals surface area contributed by atoms with Gasteiger partial charge in [0, 0.05) is 27.2 Å².